The Morgan fingerprint density at radius 2 is 2.25 bits per heavy atom. The van der Waals surface area contributed by atoms with E-state index in [2.05, 4.69) is 10.4 Å². The van der Waals surface area contributed by atoms with E-state index in [9.17, 15) is 14.0 Å². The van der Waals surface area contributed by atoms with Gasteiger partial charge < -0.3 is 10.1 Å². The fraction of sp³-hybridized carbons (Fsp3) is 0.438. The quantitative estimate of drug-likeness (QED) is 0.913. The van der Waals surface area contributed by atoms with Gasteiger partial charge >= 0.3 is 5.69 Å². The molecule has 0 saturated heterocycles. The Morgan fingerprint density at radius 1 is 1.50 bits per heavy atom. The molecular weight excluding hydrogens is 315 g/mol. The van der Waals surface area contributed by atoms with Gasteiger partial charge in [0.15, 0.2) is 0 Å². The van der Waals surface area contributed by atoms with Gasteiger partial charge in [0.1, 0.15) is 30.0 Å². The molecule has 0 aliphatic carbocycles. The van der Waals surface area contributed by atoms with Crippen molar-refractivity contribution in [3.8, 4) is 5.75 Å². The number of aryl methyl sites for hydroxylation is 1. The Hall–Kier alpha value is -2.64. The van der Waals surface area contributed by atoms with Gasteiger partial charge in [0.25, 0.3) is 0 Å². The van der Waals surface area contributed by atoms with Gasteiger partial charge in [-0.25, -0.2) is 13.9 Å². The van der Waals surface area contributed by atoms with E-state index in [0.29, 0.717) is 12.2 Å². The van der Waals surface area contributed by atoms with Crippen LogP contribution in [0.25, 0.3) is 0 Å². The summed E-state index contributed by atoms with van der Waals surface area (Å²) in [5.41, 5.74) is -0.182. The largest absolute Gasteiger partial charge is 0.487 e. The third kappa shape index (κ3) is 3.17. The van der Waals surface area contributed by atoms with Crippen LogP contribution < -0.4 is 15.7 Å². The molecular formula is C16H19FN4O3. The lowest BCUT2D eigenvalue weighted by molar-refractivity contribution is -0.123. The average molecular weight is 334 g/mol. The van der Waals surface area contributed by atoms with E-state index in [1.165, 1.54) is 23.0 Å². The van der Waals surface area contributed by atoms with Crippen LogP contribution in [-0.4, -0.2) is 25.9 Å². The smallest absolute Gasteiger partial charge is 0.345 e. The summed E-state index contributed by atoms with van der Waals surface area (Å²) in [5.74, 6) is -0.308. The Morgan fingerprint density at radius 3 is 2.92 bits per heavy atom. The highest BCUT2D eigenvalue weighted by molar-refractivity contribution is 5.76. The summed E-state index contributed by atoms with van der Waals surface area (Å²) in [6, 6.07) is 3.94. The number of amides is 1. The number of hydrogen-bond acceptors (Lipinski definition) is 4. The topological polar surface area (TPSA) is 78.2 Å². The van der Waals surface area contributed by atoms with Crippen LogP contribution in [-0.2, 0) is 18.4 Å². The standard InChI is InChI=1S/C16H19FN4O3/c1-16(2)7-12(11-5-4-10(17)6-13(11)24-16)19-14(22)8-21-15(23)20(3)9-18-21/h4-6,9,12H,7-8H2,1-3H3,(H,19,22)/t12-/m1/s1. The lowest BCUT2D eigenvalue weighted by Gasteiger charge is -2.37. The lowest BCUT2D eigenvalue weighted by Crippen LogP contribution is -2.43. The summed E-state index contributed by atoms with van der Waals surface area (Å²) in [5, 5.41) is 6.75. The number of carbonyl (C=O) groups excluding carboxylic acids is 1. The van der Waals surface area contributed by atoms with E-state index in [1.807, 2.05) is 13.8 Å². The number of halogens is 1. The number of carbonyl (C=O) groups is 1. The van der Waals surface area contributed by atoms with Crippen LogP contribution in [0.4, 0.5) is 4.39 Å². The molecule has 3 rings (SSSR count). The Labute approximate surface area is 138 Å². The number of nitrogens with zero attached hydrogens (tertiary/aromatic N) is 3. The van der Waals surface area contributed by atoms with Crippen LogP contribution in [0.1, 0.15) is 31.9 Å². The zero-order valence-corrected chi connectivity index (χ0v) is 13.7. The minimum atomic E-state index is -0.541. The summed E-state index contributed by atoms with van der Waals surface area (Å²) in [4.78, 5) is 24.1. The summed E-state index contributed by atoms with van der Waals surface area (Å²) < 4.78 is 21.6. The third-order valence-electron chi connectivity index (χ3n) is 3.95. The highest BCUT2D eigenvalue weighted by Gasteiger charge is 2.34. The summed E-state index contributed by atoms with van der Waals surface area (Å²) in [6.07, 6.45) is 1.89. The van der Waals surface area contributed by atoms with E-state index in [0.717, 1.165) is 10.2 Å². The van der Waals surface area contributed by atoms with Crippen molar-refractivity contribution in [1.29, 1.82) is 0 Å². The molecule has 1 aromatic heterocycles. The first-order valence-electron chi connectivity index (χ1n) is 7.61. The molecule has 0 spiro atoms. The van der Waals surface area contributed by atoms with Crippen LogP contribution in [0, 0.1) is 5.82 Å². The van der Waals surface area contributed by atoms with E-state index >= 15 is 0 Å². The van der Waals surface area contributed by atoms with Crippen LogP contribution in [0.5, 0.6) is 5.75 Å². The van der Waals surface area contributed by atoms with E-state index < -0.39 is 11.4 Å². The van der Waals surface area contributed by atoms with Crippen molar-refractivity contribution in [3.63, 3.8) is 0 Å². The van der Waals surface area contributed by atoms with Gasteiger partial charge in [-0.05, 0) is 19.9 Å². The van der Waals surface area contributed by atoms with Gasteiger partial charge in [-0.2, -0.15) is 5.10 Å². The second kappa shape index (κ2) is 5.77. The van der Waals surface area contributed by atoms with E-state index in [-0.39, 0.29) is 24.2 Å². The second-order valence-corrected chi connectivity index (χ2v) is 6.55. The van der Waals surface area contributed by atoms with Crippen LogP contribution in [0.3, 0.4) is 0 Å². The molecule has 0 unspecified atom stereocenters. The molecule has 0 bridgehead atoms. The van der Waals surface area contributed by atoms with Gasteiger partial charge in [0.05, 0.1) is 6.04 Å². The lowest BCUT2D eigenvalue weighted by atomic mass is 9.89. The first-order valence-corrected chi connectivity index (χ1v) is 7.61. The molecule has 1 aliphatic heterocycles. The predicted molar refractivity (Wildman–Crippen MR) is 84.1 cm³/mol. The van der Waals surface area contributed by atoms with Gasteiger partial charge in [-0.1, -0.05) is 6.07 Å². The van der Waals surface area contributed by atoms with Gasteiger partial charge in [-0.15, -0.1) is 0 Å². The molecule has 2 heterocycles. The van der Waals surface area contributed by atoms with Gasteiger partial charge in [-0.3, -0.25) is 9.36 Å². The van der Waals surface area contributed by atoms with Crippen LogP contribution in [0.2, 0.25) is 0 Å². The molecule has 128 valence electrons. The van der Waals surface area contributed by atoms with Gasteiger partial charge in [0.2, 0.25) is 5.91 Å². The molecule has 2 aromatic rings. The average Bonchev–Trinajstić information content (AvgIpc) is 2.77. The molecule has 0 fully saturated rings. The highest BCUT2D eigenvalue weighted by Crippen LogP contribution is 2.39. The van der Waals surface area contributed by atoms with Crippen molar-refractivity contribution in [2.45, 2.75) is 38.5 Å². The molecule has 1 aromatic carbocycles. The van der Waals surface area contributed by atoms with Crippen molar-refractivity contribution in [1.82, 2.24) is 19.7 Å². The zero-order valence-electron chi connectivity index (χ0n) is 13.7. The second-order valence-electron chi connectivity index (χ2n) is 6.55. The minimum absolute atomic E-state index is 0.173. The predicted octanol–water partition coefficient (Wildman–Crippen LogP) is 1.14. The molecule has 8 heteroatoms. The molecule has 1 aliphatic rings. The third-order valence-corrected chi connectivity index (χ3v) is 3.95. The fourth-order valence-corrected chi connectivity index (χ4v) is 2.86. The Kier molecular flexibility index (Phi) is 3.90. The summed E-state index contributed by atoms with van der Waals surface area (Å²) in [7, 11) is 1.57. The fourth-order valence-electron chi connectivity index (χ4n) is 2.86. The number of ether oxygens (including phenoxy) is 1. The summed E-state index contributed by atoms with van der Waals surface area (Å²) in [6.45, 7) is 3.58. The normalized spacial score (nSPS) is 18.6. The maximum atomic E-state index is 13.5. The Bertz CT molecular complexity index is 840. The van der Waals surface area contributed by atoms with Crippen molar-refractivity contribution >= 4 is 5.91 Å². The van der Waals surface area contributed by atoms with Crippen molar-refractivity contribution in [3.05, 3.63) is 46.4 Å². The molecule has 0 saturated carbocycles. The minimum Gasteiger partial charge on any atom is -0.487 e. The first kappa shape index (κ1) is 16.2. The Balaban J connectivity index is 1.80. The number of fused-ring (bicyclic) bond motifs is 1. The van der Waals surface area contributed by atoms with E-state index in [4.69, 9.17) is 4.74 Å². The number of hydrogen-bond donors (Lipinski definition) is 1. The SMILES string of the molecule is Cn1cnn(CC(=O)N[C@@H]2CC(C)(C)Oc3cc(F)ccc32)c1=O. The molecule has 0 radical (unpaired) electrons. The number of aromatic nitrogens is 3. The zero-order chi connectivity index (χ0) is 17.5. The maximum absolute atomic E-state index is 13.5. The number of benzene rings is 1. The molecule has 24 heavy (non-hydrogen) atoms. The van der Waals surface area contributed by atoms with Crippen LogP contribution >= 0.6 is 0 Å². The van der Waals surface area contributed by atoms with Crippen molar-refractivity contribution in [2.24, 2.45) is 7.05 Å². The summed E-state index contributed by atoms with van der Waals surface area (Å²) >= 11 is 0. The van der Waals surface area contributed by atoms with Crippen LogP contribution in [0.15, 0.2) is 29.3 Å². The molecule has 1 amide bonds. The molecule has 1 N–H and O–H groups in total. The molecule has 7 nitrogen and oxygen atoms in total. The first-order chi connectivity index (χ1) is 11.2. The van der Waals surface area contributed by atoms with Gasteiger partial charge in [0, 0.05) is 25.1 Å². The van der Waals surface area contributed by atoms with E-state index in [1.54, 1.807) is 13.1 Å². The number of rotatable bonds is 3. The monoisotopic (exact) mass is 334 g/mol. The highest BCUT2D eigenvalue weighted by atomic mass is 19.1. The maximum Gasteiger partial charge on any atom is 0.345 e. The number of nitrogens with one attached hydrogen (secondary N) is 1. The van der Waals surface area contributed by atoms with Crippen molar-refractivity contribution in [2.75, 3.05) is 0 Å². The molecule has 1 atom stereocenters. The van der Waals surface area contributed by atoms with Crippen molar-refractivity contribution < 1.29 is 13.9 Å².